The van der Waals surface area contributed by atoms with E-state index in [9.17, 15) is 9.59 Å². The molecular weight excluding hydrogens is 258 g/mol. The first-order chi connectivity index (χ1) is 9.54. The Hall–Kier alpha value is -2.14. The molecule has 1 aromatic rings. The molecule has 0 aliphatic carbocycles. The fourth-order valence-corrected chi connectivity index (χ4v) is 1.74. The third kappa shape index (κ3) is 5.24. The van der Waals surface area contributed by atoms with Crippen molar-refractivity contribution in [3.63, 3.8) is 0 Å². The highest BCUT2D eigenvalue weighted by Gasteiger charge is 2.24. The Morgan fingerprint density at radius 2 is 2.00 bits per heavy atom. The van der Waals surface area contributed by atoms with Gasteiger partial charge in [-0.2, -0.15) is 0 Å². The molecule has 0 aromatic heterocycles. The summed E-state index contributed by atoms with van der Waals surface area (Å²) in [5.74, 6) is -2.16. The average Bonchev–Trinajstić information content (AvgIpc) is 2.45. The van der Waals surface area contributed by atoms with Gasteiger partial charge in [0.1, 0.15) is 12.6 Å². The minimum atomic E-state index is -1.13. The molecule has 20 heavy (non-hydrogen) atoms. The highest BCUT2D eigenvalue weighted by molar-refractivity contribution is 5.76. The second-order valence-electron chi connectivity index (χ2n) is 4.50. The predicted octanol–water partition coefficient (Wildman–Crippen LogP) is 1.72. The zero-order valence-corrected chi connectivity index (χ0v) is 11.2. The summed E-state index contributed by atoms with van der Waals surface area (Å²) in [6, 6.07) is 8.19. The molecule has 0 aliphatic rings. The van der Waals surface area contributed by atoms with E-state index in [0.717, 1.165) is 5.56 Å². The van der Waals surface area contributed by atoms with Crippen molar-refractivity contribution in [2.75, 3.05) is 0 Å². The number of allylic oxidation sites excluding steroid dienone is 1. The first-order valence-electron chi connectivity index (χ1n) is 6.34. The van der Waals surface area contributed by atoms with Crippen LogP contribution in [0, 0.1) is 5.92 Å². The number of benzene rings is 1. The lowest BCUT2D eigenvalue weighted by atomic mass is 9.97. The molecule has 0 fully saturated rings. The fraction of sp³-hybridized carbons (Fsp3) is 0.333. The molecule has 5 nitrogen and oxygen atoms in total. The lowest BCUT2D eigenvalue weighted by Gasteiger charge is -2.16. The molecule has 1 unspecified atom stereocenters. The zero-order valence-electron chi connectivity index (χ0n) is 11.2. The summed E-state index contributed by atoms with van der Waals surface area (Å²) in [5.41, 5.74) is 6.33. The Morgan fingerprint density at radius 3 is 2.55 bits per heavy atom. The molecule has 0 bridgehead atoms. The number of carbonyl (C=O) groups excluding carboxylic acids is 1. The predicted molar refractivity (Wildman–Crippen MR) is 74.8 cm³/mol. The minimum absolute atomic E-state index is 0.0367. The molecule has 2 atom stereocenters. The van der Waals surface area contributed by atoms with E-state index in [2.05, 4.69) is 6.58 Å². The van der Waals surface area contributed by atoms with E-state index in [0.29, 0.717) is 6.42 Å². The number of esters is 1. The summed E-state index contributed by atoms with van der Waals surface area (Å²) in [6.45, 7) is 3.72. The molecule has 1 aromatic carbocycles. The maximum atomic E-state index is 11.9. The third-order valence-electron chi connectivity index (χ3n) is 2.86. The second kappa shape index (κ2) is 8.12. The van der Waals surface area contributed by atoms with Gasteiger partial charge in [0.2, 0.25) is 0 Å². The van der Waals surface area contributed by atoms with E-state index in [4.69, 9.17) is 15.6 Å². The van der Waals surface area contributed by atoms with Crippen LogP contribution in [-0.2, 0) is 20.9 Å². The van der Waals surface area contributed by atoms with Gasteiger partial charge >= 0.3 is 11.9 Å². The Bertz CT molecular complexity index is 458. The number of hydrogen-bond donors (Lipinski definition) is 2. The van der Waals surface area contributed by atoms with Crippen LogP contribution in [0.3, 0.4) is 0 Å². The van der Waals surface area contributed by atoms with Gasteiger partial charge in [-0.1, -0.05) is 36.4 Å². The molecule has 1 rings (SSSR count). The largest absolute Gasteiger partial charge is 0.480 e. The van der Waals surface area contributed by atoms with E-state index in [1.165, 1.54) is 0 Å². The number of ether oxygens (including phenoxy) is 1. The number of nitrogens with two attached hydrogens (primary N) is 1. The van der Waals surface area contributed by atoms with Gasteiger partial charge in [-0.05, 0) is 18.4 Å². The third-order valence-corrected chi connectivity index (χ3v) is 2.86. The van der Waals surface area contributed by atoms with E-state index < -0.39 is 23.9 Å². The SMILES string of the molecule is C=CCC(C[C@H](N)C(=O)O)C(=O)OCc1ccccc1. The van der Waals surface area contributed by atoms with E-state index in [-0.39, 0.29) is 13.0 Å². The number of hydrogen-bond acceptors (Lipinski definition) is 4. The van der Waals surface area contributed by atoms with Crippen LogP contribution in [0.1, 0.15) is 18.4 Å². The molecule has 0 saturated carbocycles. The highest BCUT2D eigenvalue weighted by Crippen LogP contribution is 2.15. The molecule has 5 heteroatoms. The highest BCUT2D eigenvalue weighted by atomic mass is 16.5. The van der Waals surface area contributed by atoms with Crippen molar-refractivity contribution in [3.8, 4) is 0 Å². The van der Waals surface area contributed by atoms with Gasteiger partial charge < -0.3 is 15.6 Å². The monoisotopic (exact) mass is 277 g/mol. The summed E-state index contributed by atoms with van der Waals surface area (Å²) in [5, 5.41) is 8.79. The quantitative estimate of drug-likeness (QED) is 0.558. The van der Waals surface area contributed by atoms with Crippen LogP contribution in [0.2, 0.25) is 0 Å². The van der Waals surface area contributed by atoms with Crippen molar-refractivity contribution in [1.29, 1.82) is 0 Å². The van der Waals surface area contributed by atoms with E-state index in [1.54, 1.807) is 6.08 Å². The van der Waals surface area contributed by atoms with Crippen molar-refractivity contribution in [2.24, 2.45) is 11.7 Å². The van der Waals surface area contributed by atoms with Gasteiger partial charge in [0, 0.05) is 0 Å². The average molecular weight is 277 g/mol. The number of carboxylic acids is 1. The summed E-state index contributed by atoms with van der Waals surface area (Å²) in [6.07, 6.45) is 1.94. The maximum Gasteiger partial charge on any atom is 0.320 e. The number of carbonyl (C=O) groups is 2. The van der Waals surface area contributed by atoms with Gasteiger partial charge in [-0.25, -0.2) is 0 Å². The molecule has 0 spiro atoms. The van der Waals surface area contributed by atoms with Crippen molar-refractivity contribution in [2.45, 2.75) is 25.5 Å². The number of carboxylic acid groups (broad SMARTS) is 1. The fourth-order valence-electron chi connectivity index (χ4n) is 1.74. The first kappa shape index (κ1) is 15.9. The van der Waals surface area contributed by atoms with Gasteiger partial charge in [-0.15, -0.1) is 6.58 Å². The lowest BCUT2D eigenvalue weighted by Crippen LogP contribution is -2.34. The van der Waals surface area contributed by atoms with Crippen molar-refractivity contribution >= 4 is 11.9 Å². The Morgan fingerprint density at radius 1 is 1.35 bits per heavy atom. The summed E-state index contributed by atoms with van der Waals surface area (Å²) >= 11 is 0. The van der Waals surface area contributed by atoms with Crippen LogP contribution in [0.25, 0.3) is 0 Å². The van der Waals surface area contributed by atoms with Crippen LogP contribution < -0.4 is 5.73 Å². The lowest BCUT2D eigenvalue weighted by molar-refractivity contribution is -0.150. The molecule has 0 amide bonds. The van der Waals surface area contributed by atoms with Gasteiger partial charge in [-0.3, -0.25) is 9.59 Å². The molecule has 108 valence electrons. The van der Waals surface area contributed by atoms with Crippen molar-refractivity contribution in [1.82, 2.24) is 0 Å². The first-order valence-corrected chi connectivity index (χ1v) is 6.34. The molecule has 0 radical (unpaired) electrons. The maximum absolute atomic E-state index is 11.9. The van der Waals surface area contributed by atoms with Crippen molar-refractivity contribution < 1.29 is 19.4 Å². The summed E-state index contributed by atoms with van der Waals surface area (Å²) in [4.78, 5) is 22.7. The van der Waals surface area contributed by atoms with Crippen LogP contribution in [-0.4, -0.2) is 23.1 Å². The van der Waals surface area contributed by atoms with Gasteiger partial charge in [0.15, 0.2) is 0 Å². The standard InChI is InChI=1S/C15H19NO4/c1-2-6-12(9-13(16)14(17)18)15(19)20-10-11-7-4-3-5-8-11/h2-5,7-8,12-13H,1,6,9-10,16H2,(H,17,18)/t12?,13-/m0/s1. The van der Waals surface area contributed by atoms with Crippen LogP contribution in [0.4, 0.5) is 0 Å². The topological polar surface area (TPSA) is 89.6 Å². The van der Waals surface area contributed by atoms with E-state index in [1.807, 2.05) is 30.3 Å². The molecule has 0 heterocycles. The van der Waals surface area contributed by atoms with Crippen LogP contribution in [0.15, 0.2) is 43.0 Å². The minimum Gasteiger partial charge on any atom is -0.480 e. The van der Waals surface area contributed by atoms with Gasteiger partial charge in [0.25, 0.3) is 0 Å². The molecule has 0 aliphatic heterocycles. The molecule has 3 N–H and O–H groups in total. The number of rotatable bonds is 8. The normalized spacial score (nSPS) is 13.2. The Labute approximate surface area is 118 Å². The summed E-state index contributed by atoms with van der Waals surface area (Å²) in [7, 11) is 0. The van der Waals surface area contributed by atoms with Crippen molar-refractivity contribution in [3.05, 3.63) is 48.6 Å². The Balaban J connectivity index is 2.55. The molecular formula is C15H19NO4. The van der Waals surface area contributed by atoms with Crippen LogP contribution in [0.5, 0.6) is 0 Å². The Kier molecular flexibility index (Phi) is 6.46. The smallest absolute Gasteiger partial charge is 0.320 e. The van der Waals surface area contributed by atoms with Gasteiger partial charge in [0.05, 0.1) is 5.92 Å². The zero-order chi connectivity index (χ0) is 15.0. The van der Waals surface area contributed by atoms with E-state index >= 15 is 0 Å². The number of aliphatic carboxylic acids is 1. The second-order valence-corrected chi connectivity index (χ2v) is 4.50. The van der Waals surface area contributed by atoms with Crippen LogP contribution >= 0.6 is 0 Å². The summed E-state index contributed by atoms with van der Waals surface area (Å²) < 4.78 is 5.19. The molecule has 0 saturated heterocycles.